The molecule has 5 nitrogen and oxygen atoms in total. The molecule has 0 heterocycles. The third-order valence-corrected chi connectivity index (χ3v) is 3.07. The lowest BCUT2D eigenvalue weighted by Crippen LogP contribution is -2.45. The maximum atomic E-state index is 5.27. The van der Waals surface area contributed by atoms with Crippen LogP contribution in [0.5, 0.6) is 0 Å². The molecule has 1 rings (SSSR count). The highest BCUT2D eigenvalue weighted by molar-refractivity contribution is 5.78. The molecule has 0 unspecified atom stereocenters. The molecule has 1 saturated carbocycles. The molecule has 0 radical (unpaired) electrons. The third-order valence-electron chi connectivity index (χ3n) is 3.07. The molecule has 0 aliphatic heterocycles. The Balaban J connectivity index is 2.13. The van der Waals surface area contributed by atoms with Gasteiger partial charge in [-0.05, 0) is 19.9 Å². The standard InChI is InChI=1S/C10H23N5/c1-12-10(14-11)13-7-8-15(2)9-5-3-4-6-9/h9H,3-8,11H2,1-2H3,(H2,12,13,14). The molecule has 5 heteroatoms. The summed E-state index contributed by atoms with van der Waals surface area (Å²) in [6, 6.07) is 0.777. The third kappa shape index (κ3) is 4.05. The first-order valence-corrected chi connectivity index (χ1v) is 5.65. The molecular formula is C10H23N5. The van der Waals surface area contributed by atoms with Gasteiger partial charge >= 0.3 is 0 Å². The van der Waals surface area contributed by atoms with Crippen LogP contribution in [0, 0.1) is 0 Å². The molecule has 1 fully saturated rings. The fraction of sp³-hybridized carbons (Fsp3) is 0.900. The summed E-state index contributed by atoms with van der Waals surface area (Å²) < 4.78 is 0. The molecule has 15 heavy (non-hydrogen) atoms. The number of nitrogens with two attached hydrogens (primary N) is 1. The number of nitrogens with one attached hydrogen (secondary N) is 2. The molecule has 0 amide bonds. The number of aliphatic imine (C=N–C) groups is 1. The molecule has 1 aliphatic carbocycles. The quantitative estimate of drug-likeness (QED) is 0.264. The van der Waals surface area contributed by atoms with Crippen LogP contribution in [0.2, 0.25) is 0 Å². The van der Waals surface area contributed by atoms with Crippen molar-refractivity contribution in [3.63, 3.8) is 0 Å². The van der Waals surface area contributed by atoms with Crippen molar-refractivity contribution in [3.05, 3.63) is 0 Å². The van der Waals surface area contributed by atoms with Gasteiger partial charge in [-0.25, -0.2) is 5.84 Å². The van der Waals surface area contributed by atoms with Gasteiger partial charge in [-0.3, -0.25) is 10.4 Å². The summed E-state index contributed by atoms with van der Waals surface area (Å²) in [4.78, 5) is 6.37. The Morgan fingerprint density at radius 2 is 2.13 bits per heavy atom. The summed E-state index contributed by atoms with van der Waals surface area (Å²) >= 11 is 0. The van der Waals surface area contributed by atoms with Crippen LogP contribution >= 0.6 is 0 Å². The maximum Gasteiger partial charge on any atom is 0.205 e. The van der Waals surface area contributed by atoms with E-state index in [4.69, 9.17) is 5.84 Å². The van der Waals surface area contributed by atoms with Gasteiger partial charge in [0.1, 0.15) is 0 Å². The lowest BCUT2D eigenvalue weighted by molar-refractivity contribution is 0.249. The summed E-state index contributed by atoms with van der Waals surface area (Å²) in [6.45, 7) is 1.91. The zero-order chi connectivity index (χ0) is 11.1. The lowest BCUT2D eigenvalue weighted by Gasteiger charge is -2.24. The van der Waals surface area contributed by atoms with E-state index in [0.29, 0.717) is 5.96 Å². The first-order valence-electron chi connectivity index (χ1n) is 5.65. The summed E-state index contributed by atoms with van der Waals surface area (Å²) in [5.74, 6) is 5.91. The normalized spacial score (nSPS) is 18.5. The van der Waals surface area contributed by atoms with Crippen LogP contribution in [0.4, 0.5) is 0 Å². The van der Waals surface area contributed by atoms with Crippen LogP contribution in [0.25, 0.3) is 0 Å². The van der Waals surface area contributed by atoms with Gasteiger partial charge in [0, 0.05) is 26.2 Å². The molecule has 0 saturated heterocycles. The predicted molar refractivity (Wildman–Crippen MR) is 63.6 cm³/mol. The number of hydrazine groups is 1. The van der Waals surface area contributed by atoms with Gasteiger partial charge in [0.2, 0.25) is 5.96 Å². The van der Waals surface area contributed by atoms with Crippen LogP contribution in [0.1, 0.15) is 25.7 Å². The second kappa shape index (κ2) is 6.63. The van der Waals surface area contributed by atoms with Crippen molar-refractivity contribution in [1.82, 2.24) is 15.6 Å². The Morgan fingerprint density at radius 3 is 2.67 bits per heavy atom. The fourth-order valence-electron chi connectivity index (χ4n) is 2.07. The van der Waals surface area contributed by atoms with Crippen LogP contribution in [-0.4, -0.2) is 44.1 Å². The molecule has 0 atom stereocenters. The van der Waals surface area contributed by atoms with Gasteiger partial charge in [0.25, 0.3) is 0 Å². The van der Waals surface area contributed by atoms with E-state index in [-0.39, 0.29) is 0 Å². The van der Waals surface area contributed by atoms with Gasteiger partial charge in [0.15, 0.2) is 0 Å². The van der Waals surface area contributed by atoms with E-state index < -0.39 is 0 Å². The summed E-state index contributed by atoms with van der Waals surface area (Å²) in [5.41, 5.74) is 2.52. The van der Waals surface area contributed by atoms with E-state index in [1.807, 2.05) is 0 Å². The predicted octanol–water partition coefficient (Wildman–Crippen LogP) is -0.100. The Kier molecular flexibility index (Phi) is 5.42. The van der Waals surface area contributed by atoms with Gasteiger partial charge in [0.05, 0.1) is 0 Å². The topological polar surface area (TPSA) is 65.7 Å². The van der Waals surface area contributed by atoms with E-state index in [0.717, 1.165) is 19.1 Å². The van der Waals surface area contributed by atoms with Gasteiger partial charge in [-0.2, -0.15) is 0 Å². The molecule has 0 bridgehead atoms. The molecule has 0 aromatic carbocycles. The average Bonchev–Trinajstić information content (AvgIpc) is 2.77. The highest BCUT2D eigenvalue weighted by atomic mass is 15.3. The monoisotopic (exact) mass is 213 g/mol. The molecule has 1 aliphatic rings. The minimum Gasteiger partial charge on any atom is -0.354 e. The van der Waals surface area contributed by atoms with Crippen LogP contribution < -0.4 is 16.6 Å². The molecule has 88 valence electrons. The minimum absolute atomic E-state index is 0.648. The largest absolute Gasteiger partial charge is 0.354 e. The number of rotatable bonds is 4. The van der Waals surface area contributed by atoms with E-state index in [1.54, 1.807) is 7.05 Å². The minimum atomic E-state index is 0.648. The average molecular weight is 213 g/mol. The van der Waals surface area contributed by atoms with Crippen molar-refractivity contribution in [2.45, 2.75) is 31.7 Å². The van der Waals surface area contributed by atoms with Crippen LogP contribution in [-0.2, 0) is 0 Å². The Bertz CT molecular complexity index is 198. The first-order chi connectivity index (χ1) is 7.27. The van der Waals surface area contributed by atoms with E-state index >= 15 is 0 Å². The Labute approximate surface area is 92.1 Å². The van der Waals surface area contributed by atoms with E-state index in [1.165, 1.54) is 25.7 Å². The molecule has 0 aromatic heterocycles. The van der Waals surface area contributed by atoms with Crippen molar-refractivity contribution in [3.8, 4) is 0 Å². The van der Waals surface area contributed by atoms with Crippen molar-refractivity contribution in [1.29, 1.82) is 0 Å². The van der Waals surface area contributed by atoms with Crippen LogP contribution in [0.15, 0.2) is 4.99 Å². The number of guanidine groups is 1. The van der Waals surface area contributed by atoms with Gasteiger partial charge < -0.3 is 10.2 Å². The summed E-state index contributed by atoms with van der Waals surface area (Å²) in [5, 5.41) is 3.15. The van der Waals surface area contributed by atoms with Crippen molar-refractivity contribution < 1.29 is 0 Å². The summed E-state index contributed by atoms with van der Waals surface area (Å²) in [6.07, 6.45) is 5.46. The zero-order valence-electron chi connectivity index (χ0n) is 9.79. The lowest BCUT2D eigenvalue weighted by atomic mass is 10.2. The molecule has 0 spiro atoms. The number of hydrogen-bond donors (Lipinski definition) is 3. The highest BCUT2D eigenvalue weighted by Gasteiger charge is 2.18. The second-order valence-corrected chi connectivity index (χ2v) is 4.06. The number of hydrogen-bond acceptors (Lipinski definition) is 3. The van der Waals surface area contributed by atoms with Crippen molar-refractivity contribution >= 4 is 5.96 Å². The second-order valence-electron chi connectivity index (χ2n) is 4.06. The first kappa shape index (κ1) is 12.3. The van der Waals surface area contributed by atoms with E-state index in [2.05, 4.69) is 27.7 Å². The highest BCUT2D eigenvalue weighted by Crippen LogP contribution is 2.21. The SMILES string of the molecule is CN=C(NN)NCCN(C)C1CCCC1. The number of likely N-dealkylation sites (N-methyl/N-ethyl adjacent to an activating group) is 1. The number of nitrogens with zero attached hydrogens (tertiary/aromatic N) is 2. The Morgan fingerprint density at radius 1 is 1.47 bits per heavy atom. The Hall–Kier alpha value is -0.810. The van der Waals surface area contributed by atoms with Gasteiger partial charge in [-0.15, -0.1) is 0 Å². The zero-order valence-corrected chi connectivity index (χ0v) is 9.79. The van der Waals surface area contributed by atoms with E-state index in [9.17, 15) is 0 Å². The van der Waals surface area contributed by atoms with Gasteiger partial charge in [-0.1, -0.05) is 12.8 Å². The summed E-state index contributed by atoms with van der Waals surface area (Å²) in [7, 11) is 3.90. The molecule has 4 N–H and O–H groups in total. The van der Waals surface area contributed by atoms with Crippen molar-refractivity contribution in [2.24, 2.45) is 10.8 Å². The van der Waals surface area contributed by atoms with Crippen LogP contribution in [0.3, 0.4) is 0 Å². The van der Waals surface area contributed by atoms with Crippen molar-refractivity contribution in [2.75, 3.05) is 27.2 Å². The maximum absolute atomic E-state index is 5.27. The smallest absolute Gasteiger partial charge is 0.205 e. The fourth-order valence-corrected chi connectivity index (χ4v) is 2.07. The molecule has 0 aromatic rings. The molecular weight excluding hydrogens is 190 g/mol.